The first-order chi connectivity index (χ1) is 13.4. The number of nitro benzene ring substituents is 1. The average molecular weight is 400 g/mol. The molecule has 142 valence electrons. The van der Waals surface area contributed by atoms with Gasteiger partial charge in [-0.25, -0.2) is 9.59 Å². The summed E-state index contributed by atoms with van der Waals surface area (Å²) in [5.41, 5.74) is 2.08. The molecule has 0 N–H and O–H groups in total. The summed E-state index contributed by atoms with van der Waals surface area (Å²) < 4.78 is 10.5. The lowest BCUT2D eigenvalue weighted by Crippen LogP contribution is -2.10. The zero-order valence-electron chi connectivity index (χ0n) is 14.6. The minimum atomic E-state index is -0.870. The van der Waals surface area contributed by atoms with Crippen molar-refractivity contribution < 1.29 is 18.9 Å². The van der Waals surface area contributed by atoms with Crippen LogP contribution in [0.3, 0.4) is 0 Å². The first-order valence-electron chi connectivity index (χ1n) is 8.62. The van der Waals surface area contributed by atoms with Crippen LogP contribution < -0.4 is 5.63 Å². The van der Waals surface area contributed by atoms with Gasteiger partial charge in [0.15, 0.2) is 0 Å². The molecule has 3 aromatic rings. The van der Waals surface area contributed by atoms with E-state index in [1.54, 1.807) is 0 Å². The van der Waals surface area contributed by atoms with Crippen molar-refractivity contribution in [1.29, 1.82) is 0 Å². The number of hydrogen-bond acceptors (Lipinski definition) is 6. The van der Waals surface area contributed by atoms with Gasteiger partial charge in [0.05, 0.1) is 4.92 Å². The van der Waals surface area contributed by atoms with Crippen LogP contribution >= 0.6 is 11.6 Å². The van der Waals surface area contributed by atoms with Gasteiger partial charge >= 0.3 is 11.6 Å². The molecule has 0 aliphatic heterocycles. The summed E-state index contributed by atoms with van der Waals surface area (Å²) in [4.78, 5) is 34.8. The van der Waals surface area contributed by atoms with Crippen molar-refractivity contribution in [3.05, 3.63) is 84.2 Å². The summed E-state index contributed by atoms with van der Waals surface area (Å²) in [7, 11) is 0. The zero-order chi connectivity index (χ0) is 19.8. The number of carbonyl (C=O) groups excluding carboxylic acids is 1. The fourth-order valence-electron chi connectivity index (χ4n) is 3.46. The van der Waals surface area contributed by atoms with Crippen molar-refractivity contribution in [3.63, 3.8) is 0 Å². The molecule has 4 rings (SSSR count). The highest BCUT2D eigenvalue weighted by atomic mass is 35.5. The molecule has 0 amide bonds. The van der Waals surface area contributed by atoms with E-state index in [1.165, 1.54) is 23.8 Å². The number of nitrogens with zero attached hydrogens (tertiary/aromatic N) is 1. The van der Waals surface area contributed by atoms with Crippen LogP contribution in [0.5, 0.6) is 0 Å². The first-order valence-corrected chi connectivity index (χ1v) is 9.00. The quantitative estimate of drug-likeness (QED) is 0.282. The monoisotopic (exact) mass is 399 g/mol. The van der Waals surface area contributed by atoms with E-state index in [4.69, 9.17) is 20.8 Å². The maximum absolute atomic E-state index is 12.4. The van der Waals surface area contributed by atoms with E-state index >= 15 is 0 Å². The number of ether oxygens (including phenoxy) is 1. The Morgan fingerprint density at radius 3 is 2.68 bits per heavy atom. The summed E-state index contributed by atoms with van der Waals surface area (Å²) in [6.07, 6.45) is 2.93. The topological polar surface area (TPSA) is 99.7 Å². The van der Waals surface area contributed by atoms with Crippen molar-refractivity contribution in [2.75, 3.05) is 0 Å². The van der Waals surface area contributed by atoms with Crippen molar-refractivity contribution >= 4 is 34.2 Å². The predicted molar refractivity (Wildman–Crippen MR) is 102 cm³/mol. The minimum absolute atomic E-state index is 0.142. The largest absolute Gasteiger partial charge is 0.457 e. The maximum atomic E-state index is 12.4. The molecule has 0 spiro atoms. The second kappa shape index (κ2) is 7.09. The molecule has 7 nitrogen and oxygen atoms in total. The predicted octanol–water partition coefficient (Wildman–Crippen LogP) is 4.20. The molecule has 0 bridgehead atoms. The molecule has 0 unspecified atom stereocenters. The first kappa shape index (κ1) is 18.2. The standard InChI is InChI=1S/C20H14ClNO6/c21-14-4-5-15(17(9-14)22(25)26)20(24)27-10-13-8-19(23)28-18-7-12-3-1-2-11(12)6-16(13)18/h4-9H,1-3,10H2. The molecule has 0 atom stereocenters. The number of carbonyl (C=O) groups is 1. The van der Waals surface area contributed by atoms with Gasteiger partial charge in [0.1, 0.15) is 17.8 Å². The van der Waals surface area contributed by atoms with E-state index in [2.05, 4.69) is 0 Å². The summed E-state index contributed by atoms with van der Waals surface area (Å²) in [5.74, 6) is -0.870. The van der Waals surface area contributed by atoms with Crippen LogP contribution in [0.2, 0.25) is 5.02 Å². The summed E-state index contributed by atoms with van der Waals surface area (Å²) >= 11 is 5.77. The molecule has 8 heteroatoms. The van der Waals surface area contributed by atoms with Gasteiger partial charge in [-0.2, -0.15) is 0 Å². The van der Waals surface area contributed by atoms with Crippen LogP contribution in [-0.2, 0) is 24.2 Å². The molecule has 28 heavy (non-hydrogen) atoms. The number of fused-ring (bicyclic) bond motifs is 2. The number of esters is 1. The van der Waals surface area contributed by atoms with Gasteiger partial charge in [-0.05, 0) is 54.7 Å². The Morgan fingerprint density at radius 1 is 1.18 bits per heavy atom. The zero-order valence-corrected chi connectivity index (χ0v) is 15.3. The smallest absolute Gasteiger partial charge is 0.345 e. The van der Waals surface area contributed by atoms with Gasteiger partial charge in [0.2, 0.25) is 0 Å². The lowest BCUT2D eigenvalue weighted by molar-refractivity contribution is -0.385. The van der Waals surface area contributed by atoms with Gasteiger partial charge in [-0.3, -0.25) is 10.1 Å². The Morgan fingerprint density at radius 2 is 1.93 bits per heavy atom. The summed E-state index contributed by atoms with van der Waals surface area (Å²) in [6.45, 7) is -0.209. The molecule has 0 saturated carbocycles. The Labute approximate surface area is 163 Å². The van der Waals surface area contributed by atoms with Crippen LogP contribution in [-0.4, -0.2) is 10.9 Å². The normalized spacial score (nSPS) is 12.8. The Balaban J connectivity index is 1.65. The fourth-order valence-corrected chi connectivity index (χ4v) is 3.63. The molecule has 0 saturated heterocycles. The Hall–Kier alpha value is -3.19. The van der Waals surface area contributed by atoms with Crippen LogP contribution in [0.1, 0.15) is 33.5 Å². The maximum Gasteiger partial charge on any atom is 0.345 e. The third kappa shape index (κ3) is 3.36. The van der Waals surface area contributed by atoms with Gasteiger partial charge in [-0.15, -0.1) is 0 Å². The molecule has 0 radical (unpaired) electrons. The molecule has 0 fully saturated rings. The van der Waals surface area contributed by atoms with Gasteiger partial charge in [-0.1, -0.05) is 11.6 Å². The average Bonchev–Trinajstić information content (AvgIpc) is 3.11. The van der Waals surface area contributed by atoms with Crippen molar-refractivity contribution in [2.24, 2.45) is 0 Å². The lowest BCUT2D eigenvalue weighted by Gasteiger charge is -2.09. The van der Waals surface area contributed by atoms with Crippen LogP contribution in [0.4, 0.5) is 5.69 Å². The molecule has 1 aromatic heterocycles. The van der Waals surface area contributed by atoms with Crippen molar-refractivity contribution in [1.82, 2.24) is 0 Å². The third-order valence-corrected chi connectivity index (χ3v) is 5.01. The highest BCUT2D eigenvalue weighted by Gasteiger charge is 2.22. The van der Waals surface area contributed by atoms with E-state index in [0.29, 0.717) is 16.5 Å². The lowest BCUT2D eigenvalue weighted by atomic mass is 10.0. The van der Waals surface area contributed by atoms with E-state index in [1.807, 2.05) is 12.1 Å². The summed E-state index contributed by atoms with van der Waals surface area (Å²) in [6, 6.07) is 8.79. The number of halogens is 1. The highest BCUT2D eigenvalue weighted by Crippen LogP contribution is 2.29. The third-order valence-electron chi connectivity index (χ3n) is 4.78. The molecular formula is C20H14ClNO6. The number of hydrogen-bond donors (Lipinski definition) is 0. The number of aryl methyl sites for hydroxylation is 2. The van der Waals surface area contributed by atoms with Gasteiger partial charge < -0.3 is 9.15 Å². The van der Waals surface area contributed by atoms with Crippen molar-refractivity contribution in [2.45, 2.75) is 25.9 Å². The van der Waals surface area contributed by atoms with Crippen LogP contribution in [0.15, 0.2) is 45.6 Å². The molecule has 1 aliphatic carbocycles. The van der Waals surface area contributed by atoms with E-state index in [9.17, 15) is 19.7 Å². The number of nitro groups is 1. The number of benzene rings is 2. The Kier molecular flexibility index (Phi) is 4.60. The highest BCUT2D eigenvalue weighted by molar-refractivity contribution is 6.31. The van der Waals surface area contributed by atoms with E-state index in [-0.39, 0.29) is 17.2 Å². The number of rotatable bonds is 4. The van der Waals surface area contributed by atoms with Crippen LogP contribution in [0, 0.1) is 10.1 Å². The van der Waals surface area contributed by atoms with E-state index < -0.39 is 22.2 Å². The fraction of sp³-hybridized carbons (Fsp3) is 0.200. The second-order valence-electron chi connectivity index (χ2n) is 6.56. The Bertz CT molecular complexity index is 1180. The summed E-state index contributed by atoms with van der Waals surface area (Å²) in [5, 5.41) is 12.0. The molecule has 2 aromatic carbocycles. The molecular weight excluding hydrogens is 386 g/mol. The van der Waals surface area contributed by atoms with Crippen LogP contribution in [0.25, 0.3) is 11.0 Å². The van der Waals surface area contributed by atoms with Crippen molar-refractivity contribution in [3.8, 4) is 0 Å². The molecule has 1 aliphatic rings. The van der Waals surface area contributed by atoms with Gasteiger partial charge in [0, 0.05) is 28.1 Å². The van der Waals surface area contributed by atoms with E-state index in [0.717, 1.165) is 30.9 Å². The molecule has 1 heterocycles. The minimum Gasteiger partial charge on any atom is -0.457 e. The SMILES string of the molecule is O=C(OCc1cc(=O)oc2cc3c(cc12)CCC3)c1ccc(Cl)cc1[N+](=O)[O-]. The van der Waals surface area contributed by atoms with Gasteiger partial charge in [0.25, 0.3) is 5.69 Å². The second-order valence-corrected chi connectivity index (χ2v) is 6.99.